The molecule has 0 bridgehead atoms. The number of carbonyl (C=O) groups is 1. The van der Waals surface area contributed by atoms with Crippen LogP contribution in [-0.4, -0.2) is 11.0 Å². The number of anilines is 2. The minimum atomic E-state index is -0.261. The summed E-state index contributed by atoms with van der Waals surface area (Å²) in [4.78, 5) is 11.8. The molecule has 2 aromatic rings. The van der Waals surface area contributed by atoms with Gasteiger partial charge in [0.2, 0.25) is 0 Å². The second-order valence-corrected chi connectivity index (χ2v) is 3.59. The van der Waals surface area contributed by atoms with Crippen LogP contribution in [0.1, 0.15) is 10.4 Å². The number of phenols is 1. The van der Waals surface area contributed by atoms with Gasteiger partial charge in [0.1, 0.15) is 5.75 Å². The molecular weight excluding hydrogens is 216 g/mol. The maximum atomic E-state index is 11.8. The van der Waals surface area contributed by atoms with E-state index in [0.29, 0.717) is 16.9 Å². The van der Waals surface area contributed by atoms with Crippen LogP contribution in [0, 0.1) is 0 Å². The number of amides is 1. The molecule has 0 aliphatic carbocycles. The number of benzene rings is 2. The molecule has 0 aromatic heterocycles. The van der Waals surface area contributed by atoms with E-state index in [9.17, 15) is 9.90 Å². The van der Waals surface area contributed by atoms with Gasteiger partial charge in [-0.25, -0.2) is 0 Å². The molecule has 0 saturated carbocycles. The smallest absolute Gasteiger partial charge is 0.255 e. The summed E-state index contributed by atoms with van der Waals surface area (Å²) in [5, 5.41) is 12.0. The van der Waals surface area contributed by atoms with Crippen LogP contribution in [0.4, 0.5) is 11.4 Å². The highest BCUT2D eigenvalue weighted by molar-refractivity contribution is 6.05. The van der Waals surface area contributed by atoms with Crippen LogP contribution < -0.4 is 11.1 Å². The van der Waals surface area contributed by atoms with Crippen LogP contribution in [0.3, 0.4) is 0 Å². The first-order valence-electron chi connectivity index (χ1n) is 5.12. The van der Waals surface area contributed by atoms with E-state index in [1.54, 1.807) is 24.3 Å². The van der Waals surface area contributed by atoms with E-state index in [2.05, 4.69) is 5.32 Å². The highest BCUT2D eigenvalue weighted by Crippen LogP contribution is 2.23. The summed E-state index contributed by atoms with van der Waals surface area (Å²) in [5.41, 5.74) is 7.04. The Bertz CT molecular complexity index is 538. The fourth-order valence-corrected chi connectivity index (χ4v) is 1.44. The first-order chi connectivity index (χ1) is 8.16. The third-order valence-corrected chi connectivity index (χ3v) is 2.32. The maximum absolute atomic E-state index is 11.8. The molecule has 0 fully saturated rings. The van der Waals surface area contributed by atoms with Crippen molar-refractivity contribution in [3.63, 3.8) is 0 Å². The van der Waals surface area contributed by atoms with Crippen LogP contribution in [0.15, 0.2) is 48.5 Å². The molecule has 2 rings (SSSR count). The lowest BCUT2D eigenvalue weighted by atomic mass is 10.2. The van der Waals surface area contributed by atoms with Crippen molar-refractivity contribution in [3.8, 4) is 5.75 Å². The van der Waals surface area contributed by atoms with Gasteiger partial charge < -0.3 is 16.2 Å². The topological polar surface area (TPSA) is 75.3 Å². The Balaban J connectivity index is 2.22. The van der Waals surface area contributed by atoms with Gasteiger partial charge in [-0.2, -0.15) is 0 Å². The van der Waals surface area contributed by atoms with Crippen molar-refractivity contribution < 1.29 is 9.90 Å². The van der Waals surface area contributed by atoms with Crippen molar-refractivity contribution in [2.45, 2.75) is 0 Å². The number of hydrogen-bond donors (Lipinski definition) is 3. The second-order valence-electron chi connectivity index (χ2n) is 3.59. The number of nitrogen functional groups attached to an aromatic ring is 1. The number of carbonyl (C=O) groups excluding carboxylic acids is 1. The zero-order valence-corrected chi connectivity index (χ0v) is 9.05. The monoisotopic (exact) mass is 228 g/mol. The first-order valence-corrected chi connectivity index (χ1v) is 5.12. The SMILES string of the molecule is Nc1ccc(O)cc1NC(=O)c1ccccc1. The Morgan fingerprint density at radius 3 is 2.53 bits per heavy atom. The molecule has 17 heavy (non-hydrogen) atoms. The van der Waals surface area contributed by atoms with E-state index in [0.717, 1.165) is 0 Å². The summed E-state index contributed by atoms with van der Waals surface area (Å²) >= 11 is 0. The lowest BCUT2D eigenvalue weighted by Gasteiger charge is -2.08. The summed E-state index contributed by atoms with van der Waals surface area (Å²) in [5.74, 6) is -0.203. The highest BCUT2D eigenvalue weighted by atomic mass is 16.3. The van der Waals surface area contributed by atoms with Gasteiger partial charge in [-0.3, -0.25) is 4.79 Å². The lowest BCUT2D eigenvalue weighted by Crippen LogP contribution is -2.12. The Morgan fingerprint density at radius 2 is 1.82 bits per heavy atom. The Hall–Kier alpha value is -2.49. The molecule has 0 atom stereocenters. The average Bonchev–Trinajstić information content (AvgIpc) is 2.35. The molecule has 4 heteroatoms. The van der Waals surface area contributed by atoms with Crippen molar-refractivity contribution >= 4 is 17.3 Å². The van der Waals surface area contributed by atoms with Gasteiger partial charge in [-0.1, -0.05) is 18.2 Å². The van der Waals surface area contributed by atoms with E-state index >= 15 is 0 Å². The van der Waals surface area contributed by atoms with Crippen molar-refractivity contribution in [1.29, 1.82) is 0 Å². The molecule has 1 amide bonds. The highest BCUT2D eigenvalue weighted by Gasteiger charge is 2.07. The predicted molar refractivity (Wildman–Crippen MR) is 66.9 cm³/mol. The zero-order valence-electron chi connectivity index (χ0n) is 9.05. The van der Waals surface area contributed by atoms with Gasteiger partial charge in [0.15, 0.2) is 0 Å². The van der Waals surface area contributed by atoms with Crippen molar-refractivity contribution in [2.75, 3.05) is 11.1 Å². The van der Waals surface area contributed by atoms with Crippen LogP contribution in [0.5, 0.6) is 5.75 Å². The largest absolute Gasteiger partial charge is 0.508 e. The van der Waals surface area contributed by atoms with Crippen molar-refractivity contribution in [1.82, 2.24) is 0 Å². The number of nitrogens with one attached hydrogen (secondary N) is 1. The van der Waals surface area contributed by atoms with Gasteiger partial charge in [0.25, 0.3) is 5.91 Å². The first kappa shape index (κ1) is 11.0. The molecule has 86 valence electrons. The molecule has 2 aromatic carbocycles. The summed E-state index contributed by atoms with van der Waals surface area (Å²) in [6, 6.07) is 13.2. The van der Waals surface area contributed by atoms with Gasteiger partial charge in [0, 0.05) is 11.6 Å². The Kier molecular flexibility index (Phi) is 2.96. The van der Waals surface area contributed by atoms with E-state index < -0.39 is 0 Å². The lowest BCUT2D eigenvalue weighted by molar-refractivity contribution is 0.102. The van der Waals surface area contributed by atoms with E-state index in [1.807, 2.05) is 6.07 Å². The maximum Gasteiger partial charge on any atom is 0.255 e. The molecule has 4 N–H and O–H groups in total. The van der Waals surface area contributed by atoms with Crippen molar-refractivity contribution in [2.24, 2.45) is 0 Å². The average molecular weight is 228 g/mol. The van der Waals surface area contributed by atoms with Crippen LogP contribution in [-0.2, 0) is 0 Å². The minimum absolute atomic E-state index is 0.0579. The van der Waals surface area contributed by atoms with E-state index in [-0.39, 0.29) is 11.7 Å². The molecular formula is C13H12N2O2. The molecule has 0 aliphatic heterocycles. The molecule has 0 spiro atoms. The van der Waals surface area contributed by atoms with Crippen LogP contribution in [0.2, 0.25) is 0 Å². The fraction of sp³-hybridized carbons (Fsp3) is 0. The third-order valence-electron chi connectivity index (χ3n) is 2.32. The summed E-state index contributed by atoms with van der Waals surface area (Å²) in [6.07, 6.45) is 0. The third kappa shape index (κ3) is 2.55. The summed E-state index contributed by atoms with van der Waals surface area (Å²) in [7, 11) is 0. The van der Waals surface area contributed by atoms with E-state index in [1.165, 1.54) is 18.2 Å². The molecule has 0 aliphatic rings. The molecule has 0 unspecified atom stereocenters. The molecule has 4 nitrogen and oxygen atoms in total. The number of phenolic OH excluding ortho intramolecular Hbond substituents is 1. The number of nitrogens with two attached hydrogens (primary N) is 1. The standard InChI is InChI=1S/C13H12N2O2/c14-11-7-6-10(16)8-12(11)15-13(17)9-4-2-1-3-5-9/h1-8,16H,14H2,(H,15,17). The Morgan fingerprint density at radius 1 is 1.12 bits per heavy atom. The summed E-state index contributed by atoms with van der Waals surface area (Å²) < 4.78 is 0. The van der Waals surface area contributed by atoms with Gasteiger partial charge in [-0.05, 0) is 24.3 Å². The van der Waals surface area contributed by atoms with Crippen LogP contribution in [0.25, 0.3) is 0 Å². The molecule has 0 radical (unpaired) electrons. The fourth-order valence-electron chi connectivity index (χ4n) is 1.44. The number of rotatable bonds is 2. The number of hydrogen-bond acceptors (Lipinski definition) is 3. The van der Waals surface area contributed by atoms with E-state index in [4.69, 9.17) is 5.73 Å². The Labute approximate surface area is 98.7 Å². The zero-order chi connectivity index (χ0) is 12.3. The van der Waals surface area contributed by atoms with Crippen LogP contribution >= 0.6 is 0 Å². The number of aromatic hydroxyl groups is 1. The molecule has 0 saturated heterocycles. The van der Waals surface area contributed by atoms with Gasteiger partial charge in [-0.15, -0.1) is 0 Å². The van der Waals surface area contributed by atoms with Gasteiger partial charge in [0.05, 0.1) is 11.4 Å². The summed E-state index contributed by atoms with van der Waals surface area (Å²) in [6.45, 7) is 0. The quantitative estimate of drug-likeness (QED) is 0.545. The second kappa shape index (κ2) is 4.57. The molecule has 0 heterocycles. The minimum Gasteiger partial charge on any atom is -0.508 e. The normalized spacial score (nSPS) is 9.88. The van der Waals surface area contributed by atoms with Crippen molar-refractivity contribution in [3.05, 3.63) is 54.1 Å². The predicted octanol–water partition coefficient (Wildman–Crippen LogP) is 2.23. The van der Waals surface area contributed by atoms with Gasteiger partial charge >= 0.3 is 0 Å².